The minimum absolute atomic E-state index is 0.120. The van der Waals surface area contributed by atoms with Crippen LogP contribution in [0, 0.1) is 11.6 Å². The molecule has 72 valence electrons. The van der Waals surface area contributed by atoms with Crippen LogP contribution in [-0.4, -0.2) is 6.04 Å². The highest BCUT2D eigenvalue weighted by Gasteiger charge is 2.11. The SMILES string of the molecule is CC(N)Cc1ccc(F)c(Br)c1F. The maximum Gasteiger partial charge on any atom is 0.143 e. The maximum atomic E-state index is 13.3. The molecule has 0 radical (unpaired) electrons. The maximum absolute atomic E-state index is 13.3. The van der Waals surface area contributed by atoms with E-state index in [2.05, 4.69) is 15.9 Å². The average Bonchev–Trinajstić information content (AvgIpc) is 2.06. The molecule has 0 aliphatic rings. The van der Waals surface area contributed by atoms with Gasteiger partial charge in [0, 0.05) is 6.04 Å². The number of nitrogens with two attached hydrogens (primary N) is 1. The zero-order chi connectivity index (χ0) is 10.0. The van der Waals surface area contributed by atoms with Crippen molar-refractivity contribution in [3.8, 4) is 0 Å². The summed E-state index contributed by atoms with van der Waals surface area (Å²) in [5.41, 5.74) is 5.94. The molecule has 1 rings (SSSR count). The molecule has 0 heterocycles. The van der Waals surface area contributed by atoms with E-state index in [1.165, 1.54) is 12.1 Å². The molecule has 0 bridgehead atoms. The van der Waals surface area contributed by atoms with Crippen LogP contribution < -0.4 is 5.73 Å². The molecule has 13 heavy (non-hydrogen) atoms. The van der Waals surface area contributed by atoms with Gasteiger partial charge in [-0.05, 0) is 40.9 Å². The Kier molecular flexibility index (Phi) is 3.39. The lowest BCUT2D eigenvalue weighted by atomic mass is 10.1. The fourth-order valence-corrected chi connectivity index (χ4v) is 1.46. The number of rotatable bonds is 2. The third-order valence-corrected chi connectivity index (χ3v) is 2.38. The van der Waals surface area contributed by atoms with Crippen LogP contribution >= 0.6 is 15.9 Å². The molecule has 1 atom stereocenters. The van der Waals surface area contributed by atoms with Crippen LogP contribution in [0.5, 0.6) is 0 Å². The van der Waals surface area contributed by atoms with Crippen molar-refractivity contribution in [3.05, 3.63) is 33.8 Å². The first kappa shape index (κ1) is 10.6. The van der Waals surface area contributed by atoms with E-state index in [-0.39, 0.29) is 10.5 Å². The summed E-state index contributed by atoms with van der Waals surface area (Å²) >= 11 is 2.83. The zero-order valence-electron chi connectivity index (χ0n) is 7.15. The van der Waals surface area contributed by atoms with Crippen LogP contribution in [0.25, 0.3) is 0 Å². The number of hydrogen-bond acceptors (Lipinski definition) is 1. The first-order valence-corrected chi connectivity index (χ1v) is 4.69. The van der Waals surface area contributed by atoms with Crippen molar-refractivity contribution in [1.82, 2.24) is 0 Å². The summed E-state index contributed by atoms with van der Waals surface area (Å²) in [6.45, 7) is 1.77. The highest BCUT2D eigenvalue weighted by Crippen LogP contribution is 2.23. The molecular weight excluding hydrogens is 240 g/mol. The molecule has 0 saturated carbocycles. The molecule has 0 fully saturated rings. The Labute approximate surface area is 84.1 Å². The molecule has 2 N–H and O–H groups in total. The lowest BCUT2D eigenvalue weighted by molar-refractivity contribution is 0.554. The van der Waals surface area contributed by atoms with Gasteiger partial charge in [0.15, 0.2) is 0 Å². The van der Waals surface area contributed by atoms with E-state index in [4.69, 9.17) is 5.73 Å². The lowest BCUT2D eigenvalue weighted by Gasteiger charge is -2.07. The van der Waals surface area contributed by atoms with Gasteiger partial charge in [-0.15, -0.1) is 0 Å². The van der Waals surface area contributed by atoms with Crippen molar-refractivity contribution >= 4 is 15.9 Å². The van der Waals surface area contributed by atoms with Crippen molar-refractivity contribution in [2.75, 3.05) is 0 Å². The van der Waals surface area contributed by atoms with E-state index >= 15 is 0 Å². The van der Waals surface area contributed by atoms with Gasteiger partial charge in [0.25, 0.3) is 0 Å². The molecule has 0 aliphatic heterocycles. The Bertz CT molecular complexity index is 313. The Hall–Kier alpha value is -0.480. The monoisotopic (exact) mass is 249 g/mol. The molecule has 0 aromatic heterocycles. The molecule has 1 aromatic rings. The summed E-state index contributed by atoms with van der Waals surface area (Å²) in [6.07, 6.45) is 0.407. The second-order valence-corrected chi connectivity index (χ2v) is 3.81. The molecule has 0 saturated heterocycles. The largest absolute Gasteiger partial charge is 0.328 e. The highest BCUT2D eigenvalue weighted by atomic mass is 79.9. The first-order valence-electron chi connectivity index (χ1n) is 3.90. The topological polar surface area (TPSA) is 26.0 Å². The van der Waals surface area contributed by atoms with E-state index in [0.29, 0.717) is 12.0 Å². The average molecular weight is 250 g/mol. The van der Waals surface area contributed by atoms with Crippen molar-refractivity contribution in [2.24, 2.45) is 5.73 Å². The predicted molar refractivity (Wildman–Crippen MR) is 51.4 cm³/mol. The molecule has 0 aliphatic carbocycles. The third-order valence-electron chi connectivity index (χ3n) is 1.66. The molecule has 0 spiro atoms. The Morgan fingerprint density at radius 3 is 2.62 bits per heavy atom. The third kappa shape index (κ3) is 2.48. The van der Waals surface area contributed by atoms with Gasteiger partial charge in [0.2, 0.25) is 0 Å². The van der Waals surface area contributed by atoms with Crippen LogP contribution in [0.3, 0.4) is 0 Å². The van der Waals surface area contributed by atoms with Gasteiger partial charge >= 0.3 is 0 Å². The summed E-state index contributed by atoms with van der Waals surface area (Å²) in [7, 11) is 0. The van der Waals surface area contributed by atoms with Gasteiger partial charge in [-0.2, -0.15) is 0 Å². The van der Waals surface area contributed by atoms with Gasteiger partial charge in [-0.3, -0.25) is 0 Å². The Morgan fingerprint density at radius 2 is 2.08 bits per heavy atom. The zero-order valence-corrected chi connectivity index (χ0v) is 8.74. The van der Waals surface area contributed by atoms with Crippen LogP contribution in [0.2, 0.25) is 0 Å². The smallest absolute Gasteiger partial charge is 0.143 e. The molecule has 1 aromatic carbocycles. The Balaban J connectivity index is 3.04. The second kappa shape index (κ2) is 4.15. The van der Waals surface area contributed by atoms with E-state index in [1.807, 2.05) is 0 Å². The Morgan fingerprint density at radius 1 is 1.46 bits per heavy atom. The number of halogens is 3. The first-order chi connectivity index (χ1) is 6.02. The van der Waals surface area contributed by atoms with Crippen LogP contribution in [0.15, 0.2) is 16.6 Å². The van der Waals surface area contributed by atoms with Crippen molar-refractivity contribution < 1.29 is 8.78 Å². The molecule has 4 heteroatoms. The summed E-state index contributed by atoms with van der Waals surface area (Å²) < 4.78 is 25.9. The van der Waals surface area contributed by atoms with Crippen LogP contribution in [0.1, 0.15) is 12.5 Å². The molecular formula is C9H10BrF2N. The molecule has 0 amide bonds. The summed E-state index contributed by atoms with van der Waals surface area (Å²) in [4.78, 5) is 0. The number of hydrogen-bond donors (Lipinski definition) is 1. The lowest BCUT2D eigenvalue weighted by Crippen LogP contribution is -2.18. The number of benzene rings is 1. The van der Waals surface area contributed by atoms with Crippen molar-refractivity contribution in [1.29, 1.82) is 0 Å². The fourth-order valence-electron chi connectivity index (χ4n) is 1.07. The summed E-state index contributed by atoms with van der Waals surface area (Å²) in [5, 5.41) is 0. The fraction of sp³-hybridized carbons (Fsp3) is 0.333. The van der Waals surface area contributed by atoms with Gasteiger partial charge in [-0.1, -0.05) is 6.07 Å². The highest BCUT2D eigenvalue weighted by molar-refractivity contribution is 9.10. The quantitative estimate of drug-likeness (QED) is 0.802. The van der Waals surface area contributed by atoms with E-state index in [1.54, 1.807) is 6.92 Å². The van der Waals surface area contributed by atoms with Crippen LogP contribution in [0.4, 0.5) is 8.78 Å². The van der Waals surface area contributed by atoms with Gasteiger partial charge in [0.1, 0.15) is 11.6 Å². The summed E-state index contributed by atoms with van der Waals surface area (Å²) in [5.74, 6) is -1.15. The van der Waals surface area contributed by atoms with E-state index in [0.717, 1.165) is 0 Å². The minimum Gasteiger partial charge on any atom is -0.328 e. The van der Waals surface area contributed by atoms with Gasteiger partial charge < -0.3 is 5.73 Å². The normalized spacial score (nSPS) is 13.0. The standard InChI is InChI=1S/C9H10BrF2N/c1-5(13)4-6-2-3-7(11)8(10)9(6)12/h2-3,5H,4,13H2,1H3. The van der Waals surface area contributed by atoms with Crippen molar-refractivity contribution in [2.45, 2.75) is 19.4 Å². The predicted octanol–water partition coefficient (Wildman–Crippen LogP) is 2.62. The van der Waals surface area contributed by atoms with E-state index in [9.17, 15) is 8.78 Å². The molecule has 1 unspecified atom stereocenters. The van der Waals surface area contributed by atoms with E-state index < -0.39 is 11.6 Å². The molecule has 1 nitrogen and oxygen atoms in total. The van der Waals surface area contributed by atoms with Gasteiger partial charge in [0.05, 0.1) is 4.47 Å². The van der Waals surface area contributed by atoms with Crippen LogP contribution in [-0.2, 0) is 6.42 Å². The van der Waals surface area contributed by atoms with Crippen molar-refractivity contribution in [3.63, 3.8) is 0 Å². The summed E-state index contributed by atoms with van der Waals surface area (Å²) in [6, 6.07) is 2.51. The second-order valence-electron chi connectivity index (χ2n) is 3.02. The minimum atomic E-state index is -0.592. The van der Waals surface area contributed by atoms with Gasteiger partial charge in [-0.25, -0.2) is 8.78 Å².